The molecule has 2 aromatic heterocycles. The normalized spacial score (nSPS) is 16.1. The van der Waals surface area contributed by atoms with Crippen molar-refractivity contribution < 1.29 is 14.3 Å². The van der Waals surface area contributed by atoms with E-state index in [1.807, 2.05) is 6.07 Å². The Kier molecular flexibility index (Phi) is 3.87. The SMILES string of the molecule is COc1ccc2cc([C@@H]3CC(=O)Oc4cc(C)[nH]c(=O)c43)c(=O)n(C)c2c1. The number of hydrogen-bond acceptors (Lipinski definition) is 5. The highest BCUT2D eigenvalue weighted by molar-refractivity contribution is 5.82. The minimum absolute atomic E-state index is 0.0595. The van der Waals surface area contributed by atoms with Crippen LogP contribution in [0, 0.1) is 6.92 Å². The number of carbonyl (C=O) groups is 1. The number of aryl methyl sites for hydroxylation is 2. The minimum Gasteiger partial charge on any atom is -0.497 e. The molecule has 0 fully saturated rings. The van der Waals surface area contributed by atoms with Crippen molar-refractivity contribution in [2.24, 2.45) is 7.05 Å². The summed E-state index contributed by atoms with van der Waals surface area (Å²) in [6.07, 6.45) is -0.0595. The molecule has 7 nitrogen and oxygen atoms in total. The van der Waals surface area contributed by atoms with Gasteiger partial charge in [-0.15, -0.1) is 0 Å². The molecule has 0 unspecified atom stereocenters. The second kappa shape index (κ2) is 6.12. The van der Waals surface area contributed by atoms with Crippen LogP contribution in [0.2, 0.25) is 0 Å². The predicted molar refractivity (Wildman–Crippen MR) is 99.6 cm³/mol. The van der Waals surface area contributed by atoms with Crippen LogP contribution in [0.5, 0.6) is 11.5 Å². The highest BCUT2D eigenvalue weighted by Gasteiger charge is 2.33. The summed E-state index contributed by atoms with van der Waals surface area (Å²) in [6, 6.07) is 8.77. The van der Waals surface area contributed by atoms with Gasteiger partial charge in [0, 0.05) is 36.4 Å². The average Bonchev–Trinajstić information content (AvgIpc) is 2.63. The van der Waals surface area contributed by atoms with Crippen LogP contribution in [0.4, 0.5) is 0 Å². The molecule has 0 radical (unpaired) electrons. The molecule has 1 aliphatic rings. The lowest BCUT2D eigenvalue weighted by molar-refractivity contribution is -0.135. The van der Waals surface area contributed by atoms with E-state index in [2.05, 4.69) is 4.98 Å². The van der Waals surface area contributed by atoms with Crippen LogP contribution in [-0.4, -0.2) is 22.6 Å². The summed E-state index contributed by atoms with van der Waals surface area (Å²) < 4.78 is 12.0. The van der Waals surface area contributed by atoms with Crippen molar-refractivity contribution >= 4 is 16.9 Å². The standard InChI is InChI=1S/C20H18N2O5/c1-10-6-16-18(19(24)21-10)13(9-17(23)27-16)14-7-11-4-5-12(26-3)8-15(11)22(2)20(14)25/h4-8,13H,9H2,1-3H3,(H,21,24)/t13-/m0/s1. The molecule has 27 heavy (non-hydrogen) atoms. The lowest BCUT2D eigenvalue weighted by Crippen LogP contribution is -2.32. The number of hydrogen-bond donors (Lipinski definition) is 1. The lowest BCUT2D eigenvalue weighted by atomic mass is 9.87. The molecule has 0 spiro atoms. The van der Waals surface area contributed by atoms with Crippen molar-refractivity contribution in [2.75, 3.05) is 7.11 Å². The highest BCUT2D eigenvalue weighted by atomic mass is 16.5. The molecule has 3 aromatic rings. The molecule has 3 heterocycles. The second-order valence-electron chi connectivity index (χ2n) is 6.68. The Labute approximate surface area is 154 Å². The van der Waals surface area contributed by atoms with E-state index in [1.54, 1.807) is 45.3 Å². The number of aromatic amines is 1. The van der Waals surface area contributed by atoms with Crippen LogP contribution in [0.1, 0.15) is 29.2 Å². The number of carbonyl (C=O) groups excluding carboxylic acids is 1. The first-order chi connectivity index (χ1) is 12.9. The van der Waals surface area contributed by atoms with Crippen LogP contribution in [0.3, 0.4) is 0 Å². The molecule has 1 N–H and O–H groups in total. The largest absolute Gasteiger partial charge is 0.497 e. The maximum Gasteiger partial charge on any atom is 0.312 e. The molecular formula is C20H18N2O5. The second-order valence-corrected chi connectivity index (χ2v) is 6.68. The van der Waals surface area contributed by atoms with Gasteiger partial charge in [-0.25, -0.2) is 0 Å². The fraction of sp³-hybridized carbons (Fsp3) is 0.250. The van der Waals surface area contributed by atoms with E-state index in [-0.39, 0.29) is 23.3 Å². The van der Waals surface area contributed by atoms with E-state index in [0.717, 1.165) is 5.39 Å². The number of aromatic nitrogens is 2. The van der Waals surface area contributed by atoms with Crippen LogP contribution >= 0.6 is 0 Å². The zero-order chi connectivity index (χ0) is 19.3. The fourth-order valence-electron chi connectivity index (χ4n) is 3.63. The smallest absolute Gasteiger partial charge is 0.312 e. The van der Waals surface area contributed by atoms with Crippen molar-refractivity contribution in [3.63, 3.8) is 0 Å². The summed E-state index contributed by atoms with van der Waals surface area (Å²) in [5.41, 5.74) is 1.39. The number of H-pyrrole nitrogens is 1. The summed E-state index contributed by atoms with van der Waals surface area (Å²) in [5, 5.41) is 0.817. The third-order valence-electron chi connectivity index (χ3n) is 4.95. The Bertz CT molecular complexity index is 1210. The predicted octanol–water partition coefficient (Wildman–Crippen LogP) is 1.98. The van der Waals surface area contributed by atoms with Gasteiger partial charge in [0.25, 0.3) is 11.1 Å². The highest BCUT2D eigenvalue weighted by Crippen LogP contribution is 2.36. The minimum atomic E-state index is -0.657. The van der Waals surface area contributed by atoms with Crippen molar-refractivity contribution in [3.05, 3.63) is 67.9 Å². The van der Waals surface area contributed by atoms with Crippen LogP contribution in [0.25, 0.3) is 10.9 Å². The first kappa shape index (κ1) is 17.1. The third-order valence-corrected chi connectivity index (χ3v) is 4.95. The van der Waals surface area contributed by atoms with Crippen molar-refractivity contribution in [1.29, 1.82) is 0 Å². The fourth-order valence-corrected chi connectivity index (χ4v) is 3.63. The number of benzene rings is 1. The maximum atomic E-state index is 13.0. The molecule has 138 valence electrons. The lowest BCUT2D eigenvalue weighted by Gasteiger charge is -2.24. The Hall–Kier alpha value is -3.35. The molecule has 4 rings (SSSR count). The number of methoxy groups -OCH3 is 1. The van der Waals surface area contributed by atoms with E-state index < -0.39 is 11.9 Å². The number of nitrogens with zero attached hydrogens (tertiary/aromatic N) is 1. The summed E-state index contributed by atoms with van der Waals surface area (Å²) in [6.45, 7) is 1.71. The molecular weight excluding hydrogens is 348 g/mol. The monoisotopic (exact) mass is 366 g/mol. The number of ether oxygens (including phenoxy) is 2. The van der Waals surface area contributed by atoms with E-state index in [0.29, 0.717) is 28.1 Å². The van der Waals surface area contributed by atoms with E-state index in [1.165, 1.54) is 4.57 Å². The molecule has 1 atom stereocenters. The van der Waals surface area contributed by atoms with Gasteiger partial charge in [-0.3, -0.25) is 14.4 Å². The molecule has 1 aliphatic heterocycles. The van der Waals surface area contributed by atoms with Crippen molar-refractivity contribution in [3.8, 4) is 11.5 Å². The molecule has 0 aliphatic carbocycles. The van der Waals surface area contributed by atoms with Gasteiger partial charge in [0.15, 0.2) is 0 Å². The molecule has 0 bridgehead atoms. The molecule has 0 saturated carbocycles. The maximum absolute atomic E-state index is 13.0. The first-order valence-electron chi connectivity index (χ1n) is 8.51. The van der Waals surface area contributed by atoms with Crippen LogP contribution in [-0.2, 0) is 11.8 Å². The zero-order valence-corrected chi connectivity index (χ0v) is 15.2. The summed E-state index contributed by atoms with van der Waals surface area (Å²) in [4.78, 5) is 40.4. The number of pyridine rings is 2. The summed E-state index contributed by atoms with van der Waals surface area (Å²) >= 11 is 0. The van der Waals surface area contributed by atoms with Gasteiger partial charge in [-0.05, 0) is 30.5 Å². The number of esters is 1. The van der Waals surface area contributed by atoms with Gasteiger partial charge < -0.3 is 19.0 Å². The van der Waals surface area contributed by atoms with Crippen LogP contribution < -0.4 is 20.6 Å². The number of rotatable bonds is 2. The van der Waals surface area contributed by atoms with Crippen molar-refractivity contribution in [2.45, 2.75) is 19.3 Å². The summed E-state index contributed by atoms with van der Waals surface area (Å²) in [7, 11) is 3.22. The Morgan fingerprint density at radius 3 is 2.70 bits per heavy atom. The topological polar surface area (TPSA) is 90.4 Å². The third kappa shape index (κ3) is 2.71. The van der Waals surface area contributed by atoms with Gasteiger partial charge in [0.05, 0.1) is 24.6 Å². The number of nitrogens with one attached hydrogen (secondary N) is 1. The van der Waals surface area contributed by atoms with Gasteiger partial charge in [-0.1, -0.05) is 0 Å². The Morgan fingerprint density at radius 2 is 1.96 bits per heavy atom. The van der Waals surface area contributed by atoms with Gasteiger partial charge in [0.1, 0.15) is 11.5 Å². The average molecular weight is 366 g/mol. The van der Waals surface area contributed by atoms with E-state index in [9.17, 15) is 14.4 Å². The molecule has 0 saturated heterocycles. The molecule has 0 amide bonds. The Balaban J connectivity index is 1.99. The summed E-state index contributed by atoms with van der Waals surface area (Å²) in [5.74, 6) is -0.261. The van der Waals surface area contributed by atoms with Gasteiger partial charge in [-0.2, -0.15) is 0 Å². The quantitative estimate of drug-likeness (QED) is 0.701. The van der Waals surface area contributed by atoms with E-state index in [4.69, 9.17) is 9.47 Å². The Morgan fingerprint density at radius 1 is 1.19 bits per heavy atom. The first-order valence-corrected chi connectivity index (χ1v) is 8.51. The molecule has 7 heteroatoms. The van der Waals surface area contributed by atoms with Gasteiger partial charge in [0.2, 0.25) is 0 Å². The van der Waals surface area contributed by atoms with Crippen molar-refractivity contribution in [1.82, 2.24) is 9.55 Å². The number of fused-ring (bicyclic) bond motifs is 2. The zero-order valence-electron chi connectivity index (χ0n) is 15.2. The molecule has 1 aromatic carbocycles. The van der Waals surface area contributed by atoms with Gasteiger partial charge >= 0.3 is 5.97 Å². The van der Waals surface area contributed by atoms with E-state index >= 15 is 0 Å². The van der Waals surface area contributed by atoms with Crippen LogP contribution in [0.15, 0.2) is 39.9 Å².